The van der Waals surface area contributed by atoms with E-state index < -0.39 is 27.3 Å². The summed E-state index contributed by atoms with van der Waals surface area (Å²) in [5.74, 6) is -2.03. The summed E-state index contributed by atoms with van der Waals surface area (Å²) < 4.78 is 40.6. The van der Waals surface area contributed by atoms with Crippen LogP contribution in [0.2, 0.25) is 0 Å². The number of fused-ring (bicyclic) bond motifs is 1. The van der Waals surface area contributed by atoms with Gasteiger partial charge in [-0.3, -0.25) is 4.79 Å². The van der Waals surface area contributed by atoms with Crippen LogP contribution in [0.25, 0.3) is 10.2 Å². The number of sulfone groups is 1. The average molecular weight is 407 g/mol. The minimum absolute atomic E-state index is 0.0964. The predicted octanol–water partition coefficient (Wildman–Crippen LogP) is 3.46. The predicted molar refractivity (Wildman–Crippen MR) is 104 cm³/mol. The SMILES string of the molecule is CCCn1c(=NC(=O)CS(=O)(=O)c2ccc(F)cc2)sc2cc(C)ccc21. The molecule has 142 valence electrons. The summed E-state index contributed by atoms with van der Waals surface area (Å²) in [5.41, 5.74) is 2.07. The van der Waals surface area contributed by atoms with Crippen LogP contribution < -0.4 is 4.80 Å². The minimum atomic E-state index is -3.87. The first-order valence-corrected chi connectivity index (χ1v) is 10.9. The Bertz CT molecular complexity index is 1160. The highest BCUT2D eigenvalue weighted by molar-refractivity contribution is 7.92. The van der Waals surface area contributed by atoms with Crippen molar-refractivity contribution in [1.82, 2.24) is 4.57 Å². The number of hydrogen-bond acceptors (Lipinski definition) is 4. The Hall–Kier alpha value is -2.32. The Labute approximate surface area is 160 Å². The van der Waals surface area contributed by atoms with E-state index >= 15 is 0 Å². The van der Waals surface area contributed by atoms with E-state index in [1.54, 1.807) is 0 Å². The molecular formula is C19H19FN2O3S2. The summed E-state index contributed by atoms with van der Waals surface area (Å²) in [6.07, 6.45) is 0.856. The molecule has 0 aliphatic rings. The summed E-state index contributed by atoms with van der Waals surface area (Å²) in [7, 11) is -3.87. The van der Waals surface area contributed by atoms with Gasteiger partial charge in [0.1, 0.15) is 11.6 Å². The molecule has 0 bridgehead atoms. The normalized spacial score (nSPS) is 12.6. The molecule has 2 aromatic carbocycles. The van der Waals surface area contributed by atoms with Crippen molar-refractivity contribution in [2.75, 3.05) is 5.75 Å². The third kappa shape index (κ3) is 4.33. The summed E-state index contributed by atoms with van der Waals surface area (Å²) in [6, 6.07) is 10.4. The number of halogens is 1. The van der Waals surface area contributed by atoms with Crippen LogP contribution in [0.1, 0.15) is 18.9 Å². The average Bonchev–Trinajstić information content (AvgIpc) is 2.91. The van der Waals surface area contributed by atoms with Crippen LogP contribution in [0, 0.1) is 12.7 Å². The van der Waals surface area contributed by atoms with Crippen LogP contribution in [-0.2, 0) is 21.2 Å². The van der Waals surface area contributed by atoms with Gasteiger partial charge in [0.15, 0.2) is 14.6 Å². The van der Waals surface area contributed by atoms with E-state index in [0.717, 1.165) is 46.5 Å². The molecule has 0 radical (unpaired) electrons. The van der Waals surface area contributed by atoms with Crippen LogP contribution in [0.3, 0.4) is 0 Å². The van der Waals surface area contributed by atoms with Crippen molar-refractivity contribution < 1.29 is 17.6 Å². The number of aromatic nitrogens is 1. The molecule has 1 amide bonds. The van der Waals surface area contributed by atoms with E-state index in [9.17, 15) is 17.6 Å². The van der Waals surface area contributed by atoms with Gasteiger partial charge >= 0.3 is 0 Å². The molecular weight excluding hydrogens is 387 g/mol. The lowest BCUT2D eigenvalue weighted by Crippen LogP contribution is -2.21. The van der Waals surface area contributed by atoms with Crippen molar-refractivity contribution in [1.29, 1.82) is 0 Å². The lowest BCUT2D eigenvalue weighted by atomic mass is 10.2. The first-order valence-electron chi connectivity index (χ1n) is 8.46. The van der Waals surface area contributed by atoms with Gasteiger partial charge in [-0.1, -0.05) is 24.3 Å². The van der Waals surface area contributed by atoms with Gasteiger partial charge in [-0.2, -0.15) is 4.99 Å². The number of nitrogens with zero attached hydrogens (tertiary/aromatic N) is 2. The van der Waals surface area contributed by atoms with Crippen LogP contribution >= 0.6 is 11.3 Å². The first kappa shape index (κ1) is 19.4. The fourth-order valence-electron chi connectivity index (χ4n) is 2.73. The Morgan fingerprint density at radius 2 is 1.89 bits per heavy atom. The van der Waals surface area contributed by atoms with E-state index in [1.807, 2.05) is 36.6 Å². The number of aryl methyl sites for hydroxylation is 2. The third-order valence-corrected chi connectivity index (χ3v) is 6.65. The molecule has 0 fully saturated rings. The molecule has 0 saturated carbocycles. The molecule has 0 N–H and O–H groups in total. The number of amides is 1. The molecule has 0 aliphatic heterocycles. The lowest BCUT2D eigenvalue weighted by molar-refractivity contribution is -0.115. The number of benzene rings is 2. The molecule has 1 aromatic heterocycles. The zero-order chi connectivity index (χ0) is 19.6. The van der Waals surface area contributed by atoms with E-state index in [0.29, 0.717) is 11.3 Å². The largest absolute Gasteiger partial charge is 0.316 e. The van der Waals surface area contributed by atoms with E-state index in [2.05, 4.69) is 4.99 Å². The minimum Gasteiger partial charge on any atom is -0.316 e. The zero-order valence-electron chi connectivity index (χ0n) is 15.0. The van der Waals surface area contributed by atoms with Crippen LogP contribution in [0.15, 0.2) is 52.4 Å². The van der Waals surface area contributed by atoms with Gasteiger partial charge in [-0.15, -0.1) is 0 Å². The Balaban J connectivity index is 1.97. The van der Waals surface area contributed by atoms with Crippen molar-refractivity contribution in [2.45, 2.75) is 31.7 Å². The number of carbonyl (C=O) groups excluding carboxylic acids is 1. The number of carbonyl (C=O) groups is 1. The van der Waals surface area contributed by atoms with Crippen LogP contribution in [0.5, 0.6) is 0 Å². The highest BCUT2D eigenvalue weighted by atomic mass is 32.2. The smallest absolute Gasteiger partial charge is 0.263 e. The van der Waals surface area contributed by atoms with Gasteiger partial charge in [-0.25, -0.2) is 12.8 Å². The standard InChI is InChI=1S/C19H19FN2O3S2/c1-3-10-22-16-9-4-13(2)11-17(16)26-19(22)21-18(23)12-27(24,25)15-7-5-14(20)6-8-15/h4-9,11H,3,10,12H2,1-2H3. The van der Waals surface area contributed by atoms with Gasteiger partial charge in [0.25, 0.3) is 5.91 Å². The molecule has 0 atom stereocenters. The van der Waals surface area contributed by atoms with Crippen molar-refractivity contribution in [3.63, 3.8) is 0 Å². The Morgan fingerprint density at radius 3 is 2.56 bits per heavy atom. The van der Waals surface area contributed by atoms with Crippen molar-refractivity contribution >= 4 is 37.3 Å². The maximum absolute atomic E-state index is 13.0. The topological polar surface area (TPSA) is 68.5 Å². The zero-order valence-corrected chi connectivity index (χ0v) is 16.6. The summed E-state index contributed by atoms with van der Waals surface area (Å²) >= 11 is 1.36. The summed E-state index contributed by atoms with van der Waals surface area (Å²) in [4.78, 5) is 16.8. The molecule has 0 aliphatic carbocycles. The Morgan fingerprint density at radius 1 is 1.19 bits per heavy atom. The molecule has 8 heteroatoms. The highest BCUT2D eigenvalue weighted by Crippen LogP contribution is 2.19. The van der Waals surface area contributed by atoms with Crippen molar-refractivity contribution in [3.8, 4) is 0 Å². The molecule has 27 heavy (non-hydrogen) atoms. The quantitative estimate of drug-likeness (QED) is 0.610. The number of thiazole rings is 1. The molecule has 1 heterocycles. The Kier molecular flexibility index (Phi) is 5.57. The van der Waals surface area contributed by atoms with Gasteiger partial charge in [0.05, 0.1) is 15.1 Å². The molecule has 0 unspecified atom stereocenters. The van der Waals surface area contributed by atoms with E-state index in [4.69, 9.17) is 0 Å². The fourth-order valence-corrected chi connectivity index (χ4v) is 5.01. The van der Waals surface area contributed by atoms with Crippen LogP contribution in [-0.4, -0.2) is 24.6 Å². The molecule has 0 spiro atoms. The van der Waals surface area contributed by atoms with E-state index in [1.165, 1.54) is 11.3 Å². The van der Waals surface area contributed by atoms with E-state index in [-0.39, 0.29) is 4.90 Å². The maximum Gasteiger partial charge on any atom is 0.263 e. The molecule has 3 rings (SSSR count). The molecule has 3 aromatic rings. The second-order valence-electron chi connectivity index (χ2n) is 6.23. The summed E-state index contributed by atoms with van der Waals surface area (Å²) in [6.45, 7) is 4.69. The third-order valence-electron chi connectivity index (χ3n) is 3.99. The number of rotatable bonds is 5. The lowest BCUT2D eigenvalue weighted by Gasteiger charge is -2.03. The maximum atomic E-state index is 13.0. The fraction of sp³-hybridized carbons (Fsp3) is 0.263. The second kappa shape index (κ2) is 7.74. The molecule has 0 saturated heterocycles. The van der Waals surface area contributed by atoms with Gasteiger partial charge in [-0.05, 0) is 55.3 Å². The van der Waals surface area contributed by atoms with Gasteiger partial charge < -0.3 is 4.57 Å². The van der Waals surface area contributed by atoms with Gasteiger partial charge in [0.2, 0.25) is 0 Å². The number of hydrogen-bond donors (Lipinski definition) is 0. The second-order valence-corrected chi connectivity index (χ2v) is 9.22. The summed E-state index contributed by atoms with van der Waals surface area (Å²) in [5, 5.41) is 0. The van der Waals surface area contributed by atoms with Crippen molar-refractivity contribution in [3.05, 3.63) is 58.6 Å². The highest BCUT2D eigenvalue weighted by Gasteiger charge is 2.19. The van der Waals surface area contributed by atoms with Gasteiger partial charge in [0, 0.05) is 6.54 Å². The van der Waals surface area contributed by atoms with Crippen molar-refractivity contribution in [2.24, 2.45) is 4.99 Å². The monoisotopic (exact) mass is 406 g/mol. The van der Waals surface area contributed by atoms with Crippen LogP contribution in [0.4, 0.5) is 4.39 Å². The first-order chi connectivity index (χ1) is 12.8. The molecule has 5 nitrogen and oxygen atoms in total.